The SMILES string of the molecule is Fc1ccc(Br)c(Cl)c1.OB(O)O. The van der Waals surface area contributed by atoms with Crippen LogP contribution in [0.2, 0.25) is 5.02 Å². The Morgan fingerprint density at radius 1 is 1.31 bits per heavy atom. The highest BCUT2D eigenvalue weighted by atomic mass is 79.9. The molecule has 0 unspecified atom stereocenters. The molecular formula is C6H6BBrClFO3. The number of hydrogen-bond donors (Lipinski definition) is 3. The van der Waals surface area contributed by atoms with Crippen molar-refractivity contribution in [3.05, 3.63) is 33.5 Å². The molecule has 0 saturated heterocycles. The molecule has 1 rings (SSSR count). The minimum atomic E-state index is -2.17. The van der Waals surface area contributed by atoms with Crippen molar-refractivity contribution in [2.75, 3.05) is 0 Å². The largest absolute Gasteiger partial charge is 0.631 e. The van der Waals surface area contributed by atoms with Crippen LogP contribution in [0.15, 0.2) is 22.7 Å². The summed E-state index contributed by atoms with van der Waals surface area (Å²) in [4.78, 5) is 0. The van der Waals surface area contributed by atoms with E-state index in [0.717, 1.165) is 0 Å². The van der Waals surface area contributed by atoms with Crippen molar-refractivity contribution in [2.45, 2.75) is 0 Å². The summed E-state index contributed by atoms with van der Waals surface area (Å²) in [7, 11) is -2.17. The van der Waals surface area contributed by atoms with E-state index in [4.69, 9.17) is 26.7 Å². The molecule has 0 spiro atoms. The molecule has 72 valence electrons. The lowest BCUT2D eigenvalue weighted by molar-refractivity contribution is 0.278. The molecule has 1 aromatic rings. The van der Waals surface area contributed by atoms with Crippen LogP contribution in [0.25, 0.3) is 0 Å². The van der Waals surface area contributed by atoms with Gasteiger partial charge in [-0.1, -0.05) is 11.6 Å². The normalized spacial score (nSPS) is 8.77. The molecule has 0 bridgehead atoms. The summed E-state index contributed by atoms with van der Waals surface area (Å²) < 4.78 is 13.0. The van der Waals surface area contributed by atoms with Gasteiger partial charge in [0.15, 0.2) is 0 Å². The smallest absolute Gasteiger partial charge is 0.402 e. The quantitative estimate of drug-likeness (QED) is 0.490. The highest BCUT2D eigenvalue weighted by molar-refractivity contribution is 9.10. The third-order valence-corrected chi connectivity index (χ3v) is 2.11. The van der Waals surface area contributed by atoms with Crippen LogP contribution in [0.5, 0.6) is 0 Å². The molecule has 0 heterocycles. The van der Waals surface area contributed by atoms with Crippen LogP contribution in [0, 0.1) is 5.82 Å². The predicted octanol–water partition coefficient (Wildman–Crippen LogP) is 1.19. The van der Waals surface area contributed by atoms with Gasteiger partial charge >= 0.3 is 7.32 Å². The van der Waals surface area contributed by atoms with Gasteiger partial charge in [0.05, 0.1) is 5.02 Å². The van der Waals surface area contributed by atoms with Gasteiger partial charge in [0.2, 0.25) is 0 Å². The van der Waals surface area contributed by atoms with E-state index in [2.05, 4.69) is 15.9 Å². The van der Waals surface area contributed by atoms with E-state index in [1.807, 2.05) is 0 Å². The minimum Gasteiger partial charge on any atom is -0.402 e. The Balaban J connectivity index is 0.000000310. The van der Waals surface area contributed by atoms with Crippen molar-refractivity contribution in [1.82, 2.24) is 0 Å². The lowest BCUT2D eigenvalue weighted by Crippen LogP contribution is -2.07. The first-order valence-electron chi connectivity index (χ1n) is 3.08. The first kappa shape index (κ1) is 12.9. The highest BCUT2D eigenvalue weighted by Gasteiger charge is 1.95. The molecule has 0 radical (unpaired) electrons. The van der Waals surface area contributed by atoms with Gasteiger partial charge in [0, 0.05) is 4.47 Å². The zero-order valence-electron chi connectivity index (χ0n) is 6.28. The molecule has 13 heavy (non-hydrogen) atoms. The van der Waals surface area contributed by atoms with E-state index >= 15 is 0 Å². The molecule has 7 heteroatoms. The third-order valence-electron chi connectivity index (χ3n) is 0.882. The minimum absolute atomic E-state index is 0.316. The summed E-state index contributed by atoms with van der Waals surface area (Å²) in [6.45, 7) is 0. The van der Waals surface area contributed by atoms with Gasteiger partial charge in [0.1, 0.15) is 5.82 Å². The van der Waals surface area contributed by atoms with E-state index in [1.54, 1.807) is 6.07 Å². The van der Waals surface area contributed by atoms with E-state index in [0.29, 0.717) is 9.50 Å². The van der Waals surface area contributed by atoms with E-state index in [-0.39, 0.29) is 5.82 Å². The zero-order valence-corrected chi connectivity index (χ0v) is 8.63. The lowest BCUT2D eigenvalue weighted by atomic mass is 10.3. The monoisotopic (exact) mass is 270 g/mol. The first-order valence-corrected chi connectivity index (χ1v) is 4.25. The van der Waals surface area contributed by atoms with Crippen molar-refractivity contribution in [3.63, 3.8) is 0 Å². The topological polar surface area (TPSA) is 60.7 Å². The maximum atomic E-state index is 12.2. The van der Waals surface area contributed by atoms with Crippen LogP contribution in [0.1, 0.15) is 0 Å². The molecule has 0 saturated carbocycles. The van der Waals surface area contributed by atoms with Crippen LogP contribution in [0.3, 0.4) is 0 Å². The number of hydrogen-bond acceptors (Lipinski definition) is 3. The maximum absolute atomic E-state index is 12.2. The summed E-state index contributed by atoms with van der Waals surface area (Å²) >= 11 is 8.66. The fraction of sp³-hybridized carbons (Fsp3) is 0. The van der Waals surface area contributed by atoms with Crippen molar-refractivity contribution in [2.24, 2.45) is 0 Å². The number of benzene rings is 1. The average molecular weight is 271 g/mol. The van der Waals surface area contributed by atoms with Crippen LogP contribution in [-0.2, 0) is 0 Å². The zero-order chi connectivity index (χ0) is 10.4. The molecule has 0 atom stereocenters. The van der Waals surface area contributed by atoms with Crippen LogP contribution in [-0.4, -0.2) is 22.4 Å². The van der Waals surface area contributed by atoms with Gasteiger partial charge in [-0.3, -0.25) is 0 Å². The van der Waals surface area contributed by atoms with E-state index in [1.165, 1.54) is 12.1 Å². The van der Waals surface area contributed by atoms with Gasteiger partial charge in [-0.15, -0.1) is 0 Å². The fourth-order valence-corrected chi connectivity index (χ4v) is 0.884. The highest BCUT2D eigenvalue weighted by Crippen LogP contribution is 2.22. The first-order chi connectivity index (χ1) is 5.93. The van der Waals surface area contributed by atoms with Gasteiger partial charge in [-0.25, -0.2) is 4.39 Å². The Kier molecular flexibility index (Phi) is 6.27. The molecule has 0 fully saturated rings. The van der Waals surface area contributed by atoms with Crippen LogP contribution >= 0.6 is 27.5 Å². The second-order valence-corrected chi connectivity index (χ2v) is 3.17. The molecule has 0 aliphatic heterocycles. The Hall–Kier alpha value is -0.135. The molecular weight excluding hydrogens is 265 g/mol. The molecule has 1 aromatic carbocycles. The Morgan fingerprint density at radius 2 is 1.77 bits per heavy atom. The average Bonchev–Trinajstić information content (AvgIpc) is 1.96. The van der Waals surface area contributed by atoms with Crippen molar-refractivity contribution < 1.29 is 19.5 Å². The van der Waals surface area contributed by atoms with Crippen molar-refractivity contribution in [3.8, 4) is 0 Å². The molecule has 0 aliphatic rings. The maximum Gasteiger partial charge on any atom is 0.631 e. The second kappa shape index (κ2) is 6.34. The Bertz CT molecular complexity index is 271. The van der Waals surface area contributed by atoms with E-state index in [9.17, 15) is 4.39 Å². The van der Waals surface area contributed by atoms with Gasteiger partial charge in [-0.05, 0) is 34.1 Å². The van der Waals surface area contributed by atoms with Crippen molar-refractivity contribution in [1.29, 1.82) is 0 Å². The van der Waals surface area contributed by atoms with Gasteiger partial charge in [-0.2, -0.15) is 0 Å². The summed E-state index contributed by atoms with van der Waals surface area (Å²) in [5.74, 6) is -0.316. The molecule has 3 N–H and O–H groups in total. The number of halogens is 3. The molecule has 0 aromatic heterocycles. The Morgan fingerprint density at radius 3 is 2.08 bits per heavy atom. The summed E-state index contributed by atoms with van der Waals surface area (Å²) in [5, 5.41) is 21.9. The Labute approximate surface area is 88.1 Å². The van der Waals surface area contributed by atoms with Crippen LogP contribution in [0.4, 0.5) is 4.39 Å². The second-order valence-electron chi connectivity index (χ2n) is 1.90. The molecule has 3 nitrogen and oxygen atoms in total. The molecule has 0 amide bonds. The van der Waals surface area contributed by atoms with Crippen LogP contribution < -0.4 is 0 Å². The summed E-state index contributed by atoms with van der Waals surface area (Å²) in [5.41, 5.74) is 0. The third kappa shape index (κ3) is 6.98. The van der Waals surface area contributed by atoms with Crippen molar-refractivity contribution >= 4 is 34.9 Å². The summed E-state index contributed by atoms with van der Waals surface area (Å²) in [6.07, 6.45) is 0. The lowest BCUT2D eigenvalue weighted by Gasteiger charge is -1.92. The van der Waals surface area contributed by atoms with E-state index < -0.39 is 7.32 Å². The van der Waals surface area contributed by atoms with Gasteiger partial charge in [0.25, 0.3) is 0 Å². The fourth-order valence-electron chi connectivity index (χ4n) is 0.470. The standard InChI is InChI=1S/C6H3BrClF.BH3O3/c7-5-2-1-4(9)3-6(5)8;2-1(3)4/h1-3H;2-4H. The number of rotatable bonds is 0. The van der Waals surface area contributed by atoms with Gasteiger partial charge < -0.3 is 15.1 Å². The summed E-state index contributed by atoms with van der Waals surface area (Å²) in [6, 6.07) is 4.17. The predicted molar refractivity (Wildman–Crippen MR) is 51.5 cm³/mol. The molecule has 0 aliphatic carbocycles.